The third-order valence-electron chi connectivity index (χ3n) is 5.06. The highest BCUT2D eigenvalue weighted by Gasteiger charge is 2.29. The van der Waals surface area contributed by atoms with Crippen molar-refractivity contribution in [3.63, 3.8) is 0 Å². The molecule has 1 aliphatic heterocycles. The molecule has 0 bridgehead atoms. The van der Waals surface area contributed by atoms with Crippen molar-refractivity contribution < 1.29 is 9.21 Å². The highest BCUT2D eigenvalue weighted by atomic mass is 16.4. The average Bonchev–Trinajstić information content (AvgIpc) is 3.31. The normalized spacial score (nSPS) is 17.3. The number of carbonyl (C=O) groups excluding carboxylic acids is 1. The van der Waals surface area contributed by atoms with Crippen LogP contribution in [0.3, 0.4) is 0 Å². The molecule has 1 amide bonds. The van der Waals surface area contributed by atoms with Gasteiger partial charge in [-0.15, -0.1) is 10.2 Å². The fourth-order valence-corrected chi connectivity index (χ4v) is 3.50. The van der Waals surface area contributed by atoms with Crippen molar-refractivity contribution in [1.29, 1.82) is 0 Å². The van der Waals surface area contributed by atoms with Crippen LogP contribution in [0.1, 0.15) is 41.6 Å². The Bertz CT molecular complexity index is 913. The van der Waals surface area contributed by atoms with Gasteiger partial charge in [0.2, 0.25) is 11.8 Å². The molecule has 1 unspecified atom stereocenters. The third kappa shape index (κ3) is 3.60. The van der Waals surface area contributed by atoms with Gasteiger partial charge in [-0.3, -0.25) is 14.9 Å². The smallest absolute Gasteiger partial charge is 0.266 e. The standard InChI is InChI=1S/C19H22N6O2/c1-12-15(13(2)22-21-12)10-17(26)25-9-5-6-14(11-25)18-23-24-19(27-18)16-7-3-4-8-20-16/h3-4,7-8,14H,5-6,9-11H2,1-2H3,(H,21,22). The maximum atomic E-state index is 12.8. The third-order valence-corrected chi connectivity index (χ3v) is 5.06. The lowest BCUT2D eigenvalue weighted by Gasteiger charge is -2.31. The molecule has 1 saturated heterocycles. The van der Waals surface area contributed by atoms with E-state index in [4.69, 9.17) is 4.42 Å². The lowest BCUT2D eigenvalue weighted by atomic mass is 9.97. The van der Waals surface area contributed by atoms with E-state index in [0.29, 0.717) is 30.4 Å². The number of hydrogen-bond donors (Lipinski definition) is 1. The molecule has 0 saturated carbocycles. The van der Waals surface area contributed by atoms with Gasteiger partial charge < -0.3 is 9.32 Å². The van der Waals surface area contributed by atoms with Crippen molar-refractivity contribution in [2.45, 2.75) is 39.0 Å². The van der Waals surface area contributed by atoms with Crippen molar-refractivity contribution >= 4 is 5.91 Å². The summed E-state index contributed by atoms with van der Waals surface area (Å²) in [5.41, 5.74) is 3.47. The quantitative estimate of drug-likeness (QED) is 0.761. The van der Waals surface area contributed by atoms with E-state index < -0.39 is 0 Å². The SMILES string of the molecule is Cc1n[nH]c(C)c1CC(=O)N1CCCC(c2nnc(-c3ccccn3)o2)C1. The fourth-order valence-electron chi connectivity index (χ4n) is 3.50. The summed E-state index contributed by atoms with van der Waals surface area (Å²) in [5, 5.41) is 15.4. The molecule has 0 radical (unpaired) electrons. The molecule has 8 heteroatoms. The van der Waals surface area contributed by atoms with E-state index >= 15 is 0 Å². The van der Waals surface area contributed by atoms with Crippen LogP contribution in [0.25, 0.3) is 11.6 Å². The molecule has 4 heterocycles. The van der Waals surface area contributed by atoms with E-state index in [0.717, 1.165) is 36.3 Å². The largest absolute Gasteiger partial charge is 0.419 e. The predicted molar refractivity (Wildman–Crippen MR) is 97.8 cm³/mol. The summed E-state index contributed by atoms with van der Waals surface area (Å²) >= 11 is 0. The maximum Gasteiger partial charge on any atom is 0.266 e. The van der Waals surface area contributed by atoms with Gasteiger partial charge in [-0.1, -0.05) is 6.07 Å². The Morgan fingerprint density at radius 2 is 2.22 bits per heavy atom. The van der Waals surface area contributed by atoms with E-state index in [9.17, 15) is 4.79 Å². The first-order chi connectivity index (χ1) is 13.1. The van der Waals surface area contributed by atoms with Gasteiger partial charge in [0, 0.05) is 30.5 Å². The first kappa shape index (κ1) is 17.4. The van der Waals surface area contributed by atoms with Crippen molar-refractivity contribution in [2.75, 3.05) is 13.1 Å². The van der Waals surface area contributed by atoms with Crippen LogP contribution < -0.4 is 0 Å². The second kappa shape index (κ2) is 7.30. The topological polar surface area (TPSA) is 101 Å². The second-order valence-electron chi connectivity index (χ2n) is 6.93. The first-order valence-corrected chi connectivity index (χ1v) is 9.15. The van der Waals surface area contributed by atoms with Gasteiger partial charge >= 0.3 is 0 Å². The van der Waals surface area contributed by atoms with Crippen LogP contribution in [0, 0.1) is 13.8 Å². The molecule has 1 fully saturated rings. The molecule has 27 heavy (non-hydrogen) atoms. The van der Waals surface area contributed by atoms with Crippen LogP contribution in [-0.4, -0.2) is 49.3 Å². The summed E-state index contributed by atoms with van der Waals surface area (Å²) in [4.78, 5) is 18.9. The van der Waals surface area contributed by atoms with E-state index in [1.807, 2.05) is 36.9 Å². The van der Waals surface area contributed by atoms with Crippen LogP contribution in [0.4, 0.5) is 0 Å². The molecule has 0 aromatic carbocycles. The van der Waals surface area contributed by atoms with Crippen molar-refractivity contribution in [3.05, 3.63) is 47.2 Å². The number of amides is 1. The van der Waals surface area contributed by atoms with Crippen molar-refractivity contribution in [3.8, 4) is 11.6 Å². The summed E-state index contributed by atoms with van der Waals surface area (Å²) in [7, 11) is 0. The number of piperidine rings is 1. The Kier molecular flexibility index (Phi) is 4.70. The lowest BCUT2D eigenvalue weighted by Crippen LogP contribution is -2.40. The molecule has 0 spiro atoms. The van der Waals surface area contributed by atoms with Crippen LogP contribution in [0.15, 0.2) is 28.8 Å². The highest BCUT2D eigenvalue weighted by Crippen LogP contribution is 2.28. The molecule has 0 aliphatic carbocycles. The number of aromatic nitrogens is 5. The van der Waals surface area contributed by atoms with Crippen LogP contribution in [0.5, 0.6) is 0 Å². The Morgan fingerprint density at radius 3 is 2.96 bits per heavy atom. The first-order valence-electron chi connectivity index (χ1n) is 9.15. The minimum absolute atomic E-state index is 0.0548. The number of likely N-dealkylation sites (tertiary alicyclic amines) is 1. The van der Waals surface area contributed by atoms with E-state index in [2.05, 4.69) is 25.4 Å². The summed E-state index contributed by atoms with van der Waals surface area (Å²) in [6.07, 6.45) is 3.91. The molecular weight excluding hydrogens is 344 g/mol. The van der Waals surface area contributed by atoms with Gasteiger partial charge in [0.05, 0.1) is 18.0 Å². The molecular formula is C19H22N6O2. The zero-order chi connectivity index (χ0) is 18.8. The fraction of sp³-hybridized carbons (Fsp3) is 0.421. The van der Waals surface area contributed by atoms with Crippen LogP contribution in [0.2, 0.25) is 0 Å². The number of H-pyrrole nitrogens is 1. The number of nitrogens with zero attached hydrogens (tertiary/aromatic N) is 5. The number of rotatable bonds is 4. The predicted octanol–water partition coefficient (Wildman–Crippen LogP) is 2.42. The number of hydrogen-bond acceptors (Lipinski definition) is 6. The monoisotopic (exact) mass is 366 g/mol. The van der Waals surface area contributed by atoms with Gasteiger partial charge in [0.1, 0.15) is 5.69 Å². The lowest BCUT2D eigenvalue weighted by molar-refractivity contribution is -0.131. The summed E-state index contributed by atoms with van der Waals surface area (Å²) in [6.45, 7) is 5.22. The van der Waals surface area contributed by atoms with E-state index in [-0.39, 0.29) is 11.8 Å². The minimum atomic E-state index is 0.0548. The van der Waals surface area contributed by atoms with Gasteiger partial charge in [-0.05, 0) is 38.8 Å². The number of aromatic amines is 1. The van der Waals surface area contributed by atoms with Gasteiger partial charge in [-0.2, -0.15) is 5.10 Å². The number of pyridine rings is 1. The summed E-state index contributed by atoms with van der Waals surface area (Å²) < 4.78 is 5.84. The zero-order valence-electron chi connectivity index (χ0n) is 15.5. The van der Waals surface area contributed by atoms with Gasteiger partial charge in [0.25, 0.3) is 5.89 Å². The molecule has 3 aromatic heterocycles. The molecule has 1 N–H and O–H groups in total. The highest BCUT2D eigenvalue weighted by molar-refractivity contribution is 5.79. The number of aryl methyl sites for hydroxylation is 2. The number of carbonyl (C=O) groups is 1. The van der Waals surface area contributed by atoms with Crippen LogP contribution >= 0.6 is 0 Å². The van der Waals surface area contributed by atoms with E-state index in [1.165, 1.54) is 0 Å². The Hall–Kier alpha value is -3.03. The molecule has 3 aromatic rings. The minimum Gasteiger partial charge on any atom is -0.419 e. The zero-order valence-corrected chi connectivity index (χ0v) is 15.5. The average molecular weight is 366 g/mol. The molecule has 8 nitrogen and oxygen atoms in total. The molecule has 140 valence electrons. The van der Waals surface area contributed by atoms with E-state index in [1.54, 1.807) is 6.20 Å². The maximum absolute atomic E-state index is 12.8. The van der Waals surface area contributed by atoms with Gasteiger partial charge in [0.15, 0.2) is 0 Å². The molecule has 4 rings (SSSR count). The Balaban J connectivity index is 1.45. The van der Waals surface area contributed by atoms with Crippen molar-refractivity contribution in [2.24, 2.45) is 0 Å². The molecule has 1 aliphatic rings. The van der Waals surface area contributed by atoms with Crippen molar-refractivity contribution in [1.82, 2.24) is 30.3 Å². The summed E-state index contributed by atoms with van der Waals surface area (Å²) in [5.74, 6) is 1.15. The molecule has 1 atom stereocenters. The van der Waals surface area contributed by atoms with Gasteiger partial charge in [-0.25, -0.2) is 0 Å². The Labute approximate surface area is 157 Å². The van der Waals surface area contributed by atoms with Crippen LogP contribution in [-0.2, 0) is 11.2 Å². The summed E-state index contributed by atoms with van der Waals surface area (Å²) in [6, 6.07) is 5.56. The number of nitrogens with one attached hydrogen (secondary N) is 1. The Morgan fingerprint density at radius 1 is 1.33 bits per heavy atom. The second-order valence-corrected chi connectivity index (χ2v) is 6.93.